The van der Waals surface area contributed by atoms with Gasteiger partial charge in [0, 0.05) is 0 Å². The normalized spacial score (nSPS) is 24.0. The molecule has 0 spiro atoms. The monoisotopic (exact) mass is 240 g/mol. The van der Waals surface area contributed by atoms with E-state index < -0.39 is 0 Å². The van der Waals surface area contributed by atoms with Crippen LogP contribution in [0.15, 0.2) is 0 Å². The predicted octanol–water partition coefficient (Wildman–Crippen LogP) is 2.86. The first-order chi connectivity index (χ1) is 3.00. The van der Waals surface area contributed by atoms with Crippen molar-refractivity contribution in [3.8, 4) is 0 Å². The summed E-state index contributed by atoms with van der Waals surface area (Å²) in [6.45, 7) is 0. The molecule has 0 aromatic carbocycles. The summed E-state index contributed by atoms with van der Waals surface area (Å²) in [7, 11) is 9.62. The van der Waals surface area contributed by atoms with E-state index in [0.29, 0.717) is 0 Å². The van der Waals surface area contributed by atoms with Crippen LogP contribution in [0.4, 0.5) is 0 Å². The van der Waals surface area contributed by atoms with E-state index in [1.165, 1.54) is 0 Å². The molecular formula is S5Se. The van der Waals surface area contributed by atoms with Crippen LogP contribution in [0.3, 0.4) is 0 Å². The summed E-state index contributed by atoms with van der Waals surface area (Å²) in [6, 6.07) is 0. The first kappa shape index (κ1) is 6.39. The Hall–Kier alpha value is 2.27. The number of rotatable bonds is 0. The quantitative estimate of drug-likeness (QED) is 0.469. The summed E-state index contributed by atoms with van der Waals surface area (Å²) in [4.78, 5) is 0. The van der Waals surface area contributed by atoms with Gasteiger partial charge < -0.3 is 0 Å². The average molecular weight is 239 g/mol. The second-order valence-corrected chi connectivity index (χ2v) is 15.1. The summed E-state index contributed by atoms with van der Waals surface area (Å²) < 4.78 is 0. The van der Waals surface area contributed by atoms with Crippen molar-refractivity contribution < 1.29 is 0 Å². The summed E-state index contributed by atoms with van der Waals surface area (Å²) in [5.74, 6) is 0. The van der Waals surface area contributed by atoms with Crippen molar-refractivity contribution in [1.29, 1.82) is 0 Å². The topological polar surface area (TPSA) is 0 Å². The van der Waals surface area contributed by atoms with Crippen LogP contribution >= 0.6 is 47.9 Å². The third-order valence-electron chi connectivity index (χ3n) is 0.167. The van der Waals surface area contributed by atoms with Gasteiger partial charge in [-0.3, -0.25) is 0 Å². The van der Waals surface area contributed by atoms with Crippen molar-refractivity contribution in [2.24, 2.45) is 0 Å². The Morgan fingerprint density at radius 3 is 1.67 bits per heavy atom. The second kappa shape index (κ2) is 4.18. The van der Waals surface area contributed by atoms with E-state index in [-0.39, 0.29) is 0 Å². The minimum absolute atomic E-state index is 0.792. The molecule has 0 atom stereocenters. The van der Waals surface area contributed by atoms with Crippen LogP contribution in [-0.2, 0) is 0 Å². The van der Waals surface area contributed by atoms with Crippen LogP contribution < -0.4 is 0 Å². The first-order valence-corrected chi connectivity index (χ1v) is 11.2. The summed E-state index contributed by atoms with van der Waals surface area (Å²) >= 11 is 0.792. The molecule has 0 aromatic heterocycles. The molecule has 0 saturated carbocycles. The fraction of sp³-hybridized carbons (Fsp3) is 0. The van der Waals surface area contributed by atoms with Gasteiger partial charge in [-0.05, 0) is 0 Å². The van der Waals surface area contributed by atoms with E-state index in [0.717, 1.165) is 12.7 Å². The molecule has 0 aliphatic carbocycles. The van der Waals surface area contributed by atoms with Crippen molar-refractivity contribution in [2.75, 3.05) is 0 Å². The van der Waals surface area contributed by atoms with Crippen LogP contribution in [0.1, 0.15) is 0 Å². The SMILES string of the molecule is S1SS[Se]SS1. The molecule has 0 amide bonds. The van der Waals surface area contributed by atoms with E-state index in [9.17, 15) is 0 Å². The fourth-order valence-corrected chi connectivity index (χ4v) is 26.6. The van der Waals surface area contributed by atoms with E-state index in [2.05, 4.69) is 0 Å². The molecule has 1 aliphatic rings. The zero-order chi connectivity index (χ0) is 4.24. The van der Waals surface area contributed by atoms with E-state index in [1.807, 2.05) is 47.9 Å². The van der Waals surface area contributed by atoms with Gasteiger partial charge >= 0.3 is 60.6 Å². The maximum absolute atomic E-state index is 1.98. The molecule has 1 rings (SSSR count). The van der Waals surface area contributed by atoms with Crippen LogP contribution in [0, 0.1) is 0 Å². The predicted molar refractivity (Wildman–Crippen MR) is 43.7 cm³/mol. The Morgan fingerprint density at radius 1 is 0.833 bits per heavy atom. The Labute approximate surface area is 60.0 Å². The summed E-state index contributed by atoms with van der Waals surface area (Å²) in [5.41, 5.74) is 0. The molecule has 1 aliphatic heterocycles. The van der Waals surface area contributed by atoms with Crippen molar-refractivity contribution in [2.45, 2.75) is 0 Å². The number of hydrogen-bond donors (Lipinski definition) is 0. The molecule has 0 unspecified atom stereocenters. The van der Waals surface area contributed by atoms with Gasteiger partial charge in [-0.2, -0.15) is 0 Å². The van der Waals surface area contributed by atoms with Gasteiger partial charge in [0.15, 0.2) is 0 Å². The van der Waals surface area contributed by atoms with Gasteiger partial charge in [0.2, 0.25) is 0 Å². The first-order valence-electron chi connectivity index (χ1n) is 1.00. The molecule has 1 heterocycles. The molecule has 36 valence electrons. The van der Waals surface area contributed by atoms with Gasteiger partial charge in [-0.1, -0.05) is 0 Å². The molecule has 6 heavy (non-hydrogen) atoms. The van der Waals surface area contributed by atoms with Gasteiger partial charge in [0.05, 0.1) is 0 Å². The van der Waals surface area contributed by atoms with Crippen molar-refractivity contribution >= 4 is 60.6 Å². The Balaban J connectivity index is 2.00. The van der Waals surface area contributed by atoms with Crippen molar-refractivity contribution in [3.63, 3.8) is 0 Å². The van der Waals surface area contributed by atoms with Gasteiger partial charge in [0.1, 0.15) is 0 Å². The van der Waals surface area contributed by atoms with E-state index >= 15 is 0 Å². The van der Waals surface area contributed by atoms with Crippen molar-refractivity contribution in [1.82, 2.24) is 0 Å². The molecule has 0 N–H and O–H groups in total. The fourth-order valence-electron chi connectivity index (χ4n) is 0.0680. The zero-order valence-electron chi connectivity index (χ0n) is 2.45. The molecule has 1 saturated heterocycles. The number of hydrogen-bond acceptors (Lipinski definition) is 5. The minimum atomic E-state index is 0.792. The molecule has 6 heteroatoms. The van der Waals surface area contributed by atoms with Crippen LogP contribution in [0.2, 0.25) is 0 Å². The molecular weight excluding hydrogens is 239 g/mol. The Kier molecular flexibility index (Phi) is 4.45. The van der Waals surface area contributed by atoms with Crippen LogP contribution in [-0.4, -0.2) is 12.7 Å². The molecule has 0 aromatic rings. The second-order valence-electron chi connectivity index (χ2n) is 0.408. The van der Waals surface area contributed by atoms with Crippen molar-refractivity contribution in [3.05, 3.63) is 0 Å². The standard InChI is InChI=1S/S5Se/c1-2-4-6-5-3-1. The molecule has 0 nitrogen and oxygen atoms in total. The van der Waals surface area contributed by atoms with Gasteiger partial charge in [0.25, 0.3) is 0 Å². The molecule has 0 bridgehead atoms. The average Bonchev–Trinajstić information content (AvgIpc) is 1.72. The zero-order valence-corrected chi connectivity index (χ0v) is 8.25. The van der Waals surface area contributed by atoms with E-state index in [4.69, 9.17) is 0 Å². The van der Waals surface area contributed by atoms with Crippen LogP contribution in [0.25, 0.3) is 0 Å². The Morgan fingerprint density at radius 2 is 1.50 bits per heavy atom. The Bertz CT molecular complexity index is 19.4. The molecule has 0 radical (unpaired) electrons. The van der Waals surface area contributed by atoms with Gasteiger partial charge in [-0.15, -0.1) is 0 Å². The van der Waals surface area contributed by atoms with Crippen LogP contribution in [0.5, 0.6) is 0 Å². The summed E-state index contributed by atoms with van der Waals surface area (Å²) in [5, 5.41) is 0. The third-order valence-corrected chi connectivity index (χ3v) is 20.1. The summed E-state index contributed by atoms with van der Waals surface area (Å²) in [6.07, 6.45) is 0. The third kappa shape index (κ3) is 2.55. The van der Waals surface area contributed by atoms with Gasteiger partial charge in [-0.25, -0.2) is 0 Å². The van der Waals surface area contributed by atoms with E-state index in [1.54, 1.807) is 0 Å². The molecule has 1 fully saturated rings. The maximum atomic E-state index is 1.98.